The number of aromatic amines is 1. The van der Waals surface area contributed by atoms with E-state index in [4.69, 9.17) is 0 Å². The Balaban J connectivity index is 1.78. The fourth-order valence-electron chi connectivity index (χ4n) is 3.54. The zero-order valence-corrected chi connectivity index (χ0v) is 14.2. The Labute approximate surface area is 151 Å². The second-order valence-corrected chi connectivity index (χ2v) is 6.62. The highest BCUT2D eigenvalue weighted by Crippen LogP contribution is 2.33. The molecule has 4 aromatic rings. The van der Waals surface area contributed by atoms with E-state index in [1.165, 1.54) is 6.07 Å². The largest absolute Gasteiger partial charge is 0.433 e. The fraction of sp³-hybridized carbons (Fsp3) is 0.278. The molecule has 3 aromatic heterocycles. The van der Waals surface area contributed by atoms with Crippen molar-refractivity contribution in [3.8, 4) is 5.69 Å². The van der Waals surface area contributed by atoms with Gasteiger partial charge in [-0.25, -0.2) is 9.97 Å². The van der Waals surface area contributed by atoms with Crippen LogP contribution in [0.25, 0.3) is 27.8 Å². The number of fused-ring (bicyclic) bond motifs is 2. The number of nitrogens with zero attached hydrogens (tertiary/aromatic N) is 5. The molecule has 1 N–H and O–H groups in total. The molecule has 0 atom stereocenters. The van der Waals surface area contributed by atoms with Crippen molar-refractivity contribution in [2.24, 2.45) is 0 Å². The van der Waals surface area contributed by atoms with E-state index in [0.29, 0.717) is 17.2 Å². The van der Waals surface area contributed by atoms with E-state index in [1.54, 1.807) is 10.8 Å². The molecule has 0 aliphatic carbocycles. The van der Waals surface area contributed by atoms with Crippen molar-refractivity contribution in [1.29, 1.82) is 0 Å². The number of imidazole rings is 1. The molecular weight excluding hydrogens is 357 g/mol. The number of nitrogens with one attached hydrogen (secondary N) is 1. The molecule has 27 heavy (non-hydrogen) atoms. The van der Waals surface area contributed by atoms with Gasteiger partial charge in [0.05, 0.1) is 17.4 Å². The van der Waals surface area contributed by atoms with Crippen LogP contribution in [0.1, 0.15) is 18.5 Å². The SMILES string of the molecule is FC(F)(F)c1ccc2nc(N3CCCC3)n(-c3ccc4[nH]ncc4c3)c2n1. The Bertz CT molecular complexity index is 1140. The zero-order chi connectivity index (χ0) is 18.6. The monoisotopic (exact) mass is 372 g/mol. The van der Waals surface area contributed by atoms with Gasteiger partial charge in [0.15, 0.2) is 5.65 Å². The average molecular weight is 372 g/mol. The van der Waals surface area contributed by atoms with Crippen LogP contribution in [0, 0.1) is 0 Å². The summed E-state index contributed by atoms with van der Waals surface area (Å²) < 4.78 is 41.3. The van der Waals surface area contributed by atoms with Crippen LogP contribution < -0.4 is 4.90 Å². The van der Waals surface area contributed by atoms with Gasteiger partial charge in [-0.3, -0.25) is 9.67 Å². The molecule has 1 aromatic carbocycles. The lowest BCUT2D eigenvalue weighted by Gasteiger charge is -2.18. The lowest BCUT2D eigenvalue weighted by Crippen LogP contribution is -2.21. The van der Waals surface area contributed by atoms with Crippen molar-refractivity contribution < 1.29 is 13.2 Å². The Morgan fingerprint density at radius 1 is 1.00 bits per heavy atom. The van der Waals surface area contributed by atoms with Crippen LogP contribution in [0.15, 0.2) is 36.5 Å². The zero-order valence-electron chi connectivity index (χ0n) is 14.2. The van der Waals surface area contributed by atoms with Crippen LogP contribution in [0.3, 0.4) is 0 Å². The summed E-state index contributed by atoms with van der Waals surface area (Å²) in [6.07, 6.45) is -0.760. The van der Waals surface area contributed by atoms with Gasteiger partial charge in [0.2, 0.25) is 5.95 Å². The van der Waals surface area contributed by atoms with Crippen molar-refractivity contribution in [2.75, 3.05) is 18.0 Å². The van der Waals surface area contributed by atoms with Crippen molar-refractivity contribution in [1.82, 2.24) is 24.7 Å². The molecule has 1 aliphatic rings. The van der Waals surface area contributed by atoms with E-state index >= 15 is 0 Å². The summed E-state index contributed by atoms with van der Waals surface area (Å²) in [6, 6.07) is 7.93. The first-order chi connectivity index (χ1) is 13.0. The number of anilines is 1. The maximum absolute atomic E-state index is 13.2. The Kier molecular flexibility index (Phi) is 3.40. The molecule has 0 unspecified atom stereocenters. The molecule has 0 spiro atoms. The number of hydrogen-bond donors (Lipinski definition) is 1. The molecular formula is C18H15F3N6. The topological polar surface area (TPSA) is 62.6 Å². The minimum absolute atomic E-state index is 0.203. The van der Waals surface area contributed by atoms with E-state index in [9.17, 15) is 13.2 Å². The molecule has 0 amide bonds. The lowest BCUT2D eigenvalue weighted by molar-refractivity contribution is -0.141. The van der Waals surface area contributed by atoms with Crippen LogP contribution in [0.5, 0.6) is 0 Å². The number of rotatable bonds is 2. The van der Waals surface area contributed by atoms with Crippen LogP contribution in [-0.4, -0.2) is 37.8 Å². The van der Waals surface area contributed by atoms with Crippen molar-refractivity contribution in [2.45, 2.75) is 19.0 Å². The predicted octanol–water partition coefficient (Wildman–Crippen LogP) is 3.92. The summed E-state index contributed by atoms with van der Waals surface area (Å²) in [4.78, 5) is 10.6. The summed E-state index contributed by atoms with van der Waals surface area (Å²) in [5, 5.41) is 7.76. The minimum Gasteiger partial charge on any atom is -0.342 e. The van der Waals surface area contributed by atoms with E-state index in [1.807, 2.05) is 18.2 Å². The van der Waals surface area contributed by atoms with Gasteiger partial charge in [0.25, 0.3) is 0 Å². The highest BCUT2D eigenvalue weighted by molar-refractivity contribution is 5.83. The fourth-order valence-corrected chi connectivity index (χ4v) is 3.54. The Morgan fingerprint density at radius 2 is 1.81 bits per heavy atom. The Morgan fingerprint density at radius 3 is 2.59 bits per heavy atom. The highest BCUT2D eigenvalue weighted by Gasteiger charge is 2.33. The van der Waals surface area contributed by atoms with Crippen LogP contribution in [-0.2, 0) is 6.18 Å². The number of alkyl halides is 3. The van der Waals surface area contributed by atoms with E-state index in [2.05, 4.69) is 25.1 Å². The number of aromatic nitrogens is 5. The van der Waals surface area contributed by atoms with Crippen LogP contribution in [0.2, 0.25) is 0 Å². The maximum atomic E-state index is 13.2. The van der Waals surface area contributed by atoms with Gasteiger partial charge >= 0.3 is 6.18 Å². The van der Waals surface area contributed by atoms with Crippen molar-refractivity contribution in [3.05, 3.63) is 42.2 Å². The molecule has 5 rings (SSSR count). The van der Waals surface area contributed by atoms with Gasteiger partial charge in [-0.15, -0.1) is 0 Å². The third kappa shape index (κ3) is 2.61. The van der Waals surface area contributed by atoms with Gasteiger partial charge in [0.1, 0.15) is 11.2 Å². The van der Waals surface area contributed by atoms with Crippen LogP contribution >= 0.6 is 0 Å². The first kappa shape index (κ1) is 16.1. The molecule has 138 valence electrons. The summed E-state index contributed by atoms with van der Waals surface area (Å²) in [6.45, 7) is 1.65. The molecule has 0 bridgehead atoms. The quantitative estimate of drug-likeness (QED) is 0.579. The summed E-state index contributed by atoms with van der Waals surface area (Å²) in [5.41, 5.74) is 1.29. The number of halogens is 3. The molecule has 1 fully saturated rings. The average Bonchev–Trinajstić information content (AvgIpc) is 3.37. The summed E-state index contributed by atoms with van der Waals surface area (Å²) in [5.74, 6) is 0.622. The molecule has 1 saturated heterocycles. The molecule has 4 heterocycles. The number of hydrogen-bond acceptors (Lipinski definition) is 4. The molecule has 0 saturated carbocycles. The highest BCUT2D eigenvalue weighted by atomic mass is 19.4. The third-order valence-electron chi connectivity index (χ3n) is 4.85. The first-order valence-corrected chi connectivity index (χ1v) is 8.66. The smallest absolute Gasteiger partial charge is 0.342 e. The summed E-state index contributed by atoms with van der Waals surface area (Å²) in [7, 11) is 0. The predicted molar refractivity (Wildman–Crippen MR) is 95.0 cm³/mol. The summed E-state index contributed by atoms with van der Waals surface area (Å²) >= 11 is 0. The van der Waals surface area contributed by atoms with E-state index < -0.39 is 11.9 Å². The standard InChI is InChI=1S/C18H15F3N6/c19-18(20,21)15-6-5-14-16(24-15)27(17(23-14)26-7-1-2-8-26)12-3-4-13-11(9-12)10-22-25-13/h3-6,9-10H,1-2,7-8H2,(H,22,25). The van der Waals surface area contributed by atoms with Gasteiger partial charge < -0.3 is 4.90 Å². The first-order valence-electron chi connectivity index (χ1n) is 8.66. The lowest BCUT2D eigenvalue weighted by atomic mass is 10.2. The third-order valence-corrected chi connectivity index (χ3v) is 4.85. The van der Waals surface area contributed by atoms with Gasteiger partial charge in [-0.2, -0.15) is 18.3 Å². The van der Waals surface area contributed by atoms with Crippen molar-refractivity contribution in [3.63, 3.8) is 0 Å². The normalized spacial score (nSPS) is 15.3. The van der Waals surface area contributed by atoms with Gasteiger partial charge in [-0.1, -0.05) is 0 Å². The van der Waals surface area contributed by atoms with Crippen molar-refractivity contribution >= 4 is 28.0 Å². The second kappa shape index (κ2) is 5.70. The van der Waals surface area contributed by atoms with Gasteiger partial charge in [-0.05, 0) is 43.2 Å². The van der Waals surface area contributed by atoms with Gasteiger partial charge in [0, 0.05) is 18.5 Å². The molecule has 6 nitrogen and oxygen atoms in total. The second-order valence-electron chi connectivity index (χ2n) is 6.62. The number of pyridine rings is 1. The Hall–Kier alpha value is -3.10. The van der Waals surface area contributed by atoms with E-state index in [0.717, 1.165) is 42.9 Å². The van der Waals surface area contributed by atoms with E-state index in [-0.39, 0.29) is 5.65 Å². The number of H-pyrrole nitrogens is 1. The van der Waals surface area contributed by atoms with Crippen LogP contribution in [0.4, 0.5) is 19.1 Å². The molecule has 1 aliphatic heterocycles. The minimum atomic E-state index is -4.51. The molecule has 0 radical (unpaired) electrons. The maximum Gasteiger partial charge on any atom is 0.433 e. The number of benzene rings is 1. The molecule has 9 heteroatoms.